The van der Waals surface area contributed by atoms with E-state index in [1.165, 1.54) is 0 Å². The quantitative estimate of drug-likeness (QED) is 0.677. The van der Waals surface area contributed by atoms with Crippen LogP contribution in [0.1, 0.15) is 26.0 Å². The Labute approximate surface area is 108 Å². The molecule has 0 saturated carbocycles. The molecule has 7 nitrogen and oxygen atoms in total. The van der Waals surface area contributed by atoms with Crippen LogP contribution in [0.2, 0.25) is 0 Å². The molecule has 1 aromatic heterocycles. The first-order chi connectivity index (χ1) is 8.93. The van der Waals surface area contributed by atoms with Crippen molar-refractivity contribution >= 4 is 5.82 Å². The molecule has 0 aliphatic carbocycles. The van der Waals surface area contributed by atoms with Gasteiger partial charge in [0.2, 0.25) is 0 Å². The van der Waals surface area contributed by atoms with E-state index in [0.29, 0.717) is 6.42 Å². The molecule has 1 aromatic rings. The first-order valence-electron chi connectivity index (χ1n) is 5.94. The van der Waals surface area contributed by atoms with Crippen LogP contribution in [0, 0.1) is 5.82 Å². The summed E-state index contributed by atoms with van der Waals surface area (Å²) in [6, 6.07) is 0. The van der Waals surface area contributed by atoms with Crippen LogP contribution < -0.4 is 11.4 Å². The van der Waals surface area contributed by atoms with Crippen LogP contribution >= 0.6 is 0 Å². The monoisotopic (exact) mass is 273 g/mol. The molecule has 1 saturated heterocycles. The molecule has 106 valence electrons. The number of hydrogen-bond acceptors (Lipinski definition) is 6. The maximum Gasteiger partial charge on any atom is 0.351 e. The Balaban J connectivity index is 2.36. The number of nitrogens with zero attached hydrogens (tertiary/aromatic N) is 2. The van der Waals surface area contributed by atoms with Gasteiger partial charge in [-0.2, -0.15) is 4.98 Å². The van der Waals surface area contributed by atoms with E-state index < -0.39 is 35.3 Å². The van der Waals surface area contributed by atoms with Gasteiger partial charge in [-0.25, -0.2) is 9.18 Å². The van der Waals surface area contributed by atoms with Gasteiger partial charge in [-0.3, -0.25) is 4.57 Å². The van der Waals surface area contributed by atoms with Gasteiger partial charge < -0.3 is 20.7 Å². The van der Waals surface area contributed by atoms with Gasteiger partial charge in [0.1, 0.15) is 11.8 Å². The summed E-state index contributed by atoms with van der Waals surface area (Å²) in [5, 5.41) is 19.3. The van der Waals surface area contributed by atoms with Gasteiger partial charge in [0.25, 0.3) is 0 Å². The topological polar surface area (TPSA) is 111 Å². The second kappa shape index (κ2) is 4.87. The minimum atomic E-state index is -1.14. The van der Waals surface area contributed by atoms with Crippen molar-refractivity contribution in [1.82, 2.24) is 9.55 Å². The van der Waals surface area contributed by atoms with Crippen molar-refractivity contribution in [2.75, 3.05) is 12.3 Å². The molecular formula is C11H16FN3O4. The summed E-state index contributed by atoms with van der Waals surface area (Å²) in [6.45, 7) is 1.35. The molecule has 0 bridgehead atoms. The normalized spacial score (nSPS) is 30.7. The molecule has 19 heavy (non-hydrogen) atoms. The first-order valence-corrected chi connectivity index (χ1v) is 5.94. The van der Waals surface area contributed by atoms with E-state index in [0.717, 1.165) is 10.8 Å². The van der Waals surface area contributed by atoms with Crippen molar-refractivity contribution in [3.8, 4) is 0 Å². The third-order valence-corrected chi connectivity index (χ3v) is 3.51. The second-order valence-electron chi connectivity index (χ2n) is 4.56. The lowest BCUT2D eigenvalue weighted by molar-refractivity contribution is -0.130. The van der Waals surface area contributed by atoms with Crippen LogP contribution in [-0.4, -0.2) is 38.1 Å². The average Bonchev–Trinajstić information content (AvgIpc) is 2.71. The molecule has 0 spiro atoms. The van der Waals surface area contributed by atoms with Gasteiger partial charge in [0.05, 0.1) is 18.9 Å². The molecule has 0 amide bonds. The lowest BCUT2D eigenvalue weighted by Gasteiger charge is -2.28. The van der Waals surface area contributed by atoms with Crippen molar-refractivity contribution in [1.29, 1.82) is 0 Å². The Kier molecular flexibility index (Phi) is 3.57. The highest BCUT2D eigenvalue weighted by molar-refractivity contribution is 5.26. The van der Waals surface area contributed by atoms with Crippen molar-refractivity contribution in [2.45, 2.75) is 37.7 Å². The van der Waals surface area contributed by atoms with Crippen LogP contribution in [0.4, 0.5) is 10.2 Å². The molecule has 8 heteroatoms. The smallest absolute Gasteiger partial charge is 0.351 e. The fraction of sp³-hybridized carbons (Fsp3) is 0.636. The summed E-state index contributed by atoms with van der Waals surface area (Å²) < 4.78 is 19.8. The summed E-state index contributed by atoms with van der Waals surface area (Å²) in [4.78, 5) is 15.0. The summed E-state index contributed by atoms with van der Waals surface area (Å²) in [5.41, 5.74) is 3.29. The van der Waals surface area contributed by atoms with Gasteiger partial charge in [-0.05, 0) is 6.42 Å². The highest BCUT2D eigenvalue weighted by atomic mass is 19.1. The maximum absolute atomic E-state index is 13.4. The van der Waals surface area contributed by atoms with E-state index in [9.17, 15) is 19.4 Å². The molecule has 2 heterocycles. The number of ether oxygens (including phenoxy) is 1. The summed E-state index contributed by atoms with van der Waals surface area (Å²) in [5.74, 6) is -1.32. The highest BCUT2D eigenvalue weighted by Gasteiger charge is 2.47. The van der Waals surface area contributed by atoms with Crippen LogP contribution in [0.5, 0.6) is 0 Å². The minimum absolute atomic E-state index is 0.0688. The summed E-state index contributed by atoms with van der Waals surface area (Å²) in [6.07, 6.45) is -0.497. The number of halogens is 1. The molecular weight excluding hydrogens is 257 g/mol. The van der Waals surface area contributed by atoms with E-state index >= 15 is 0 Å². The van der Waals surface area contributed by atoms with Gasteiger partial charge in [-0.15, -0.1) is 0 Å². The molecule has 0 aromatic carbocycles. The Bertz CT molecular complexity index is 529. The molecule has 1 fully saturated rings. The van der Waals surface area contributed by atoms with Gasteiger partial charge in [0.15, 0.2) is 11.6 Å². The summed E-state index contributed by atoms with van der Waals surface area (Å²) in [7, 11) is 0. The molecule has 3 atom stereocenters. The Morgan fingerprint density at radius 2 is 2.42 bits per heavy atom. The summed E-state index contributed by atoms with van der Waals surface area (Å²) >= 11 is 0. The molecule has 4 N–H and O–H groups in total. The van der Waals surface area contributed by atoms with E-state index in [-0.39, 0.29) is 13.0 Å². The standard InChI is InChI=1S/C11H16FN3O4/c1-2-11(5-16)7(17)3-8(19-11)15-4-6(12)9(13)14-10(15)18/h4,7-8,16-17H,2-3,5H2,1H3,(H2,13,14,18)/t7-,8+,11?/m0/s1. The SMILES string of the molecule is CCC1(CO)O[C@@H](n2cc(F)c(N)nc2=O)C[C@@H]1O. The molecule has 1 aliphatic rings. The number of aromatic nitrogens is 2. The third-order valence-electron chi connectivity index (χ3n) is 3.51. The fourth-order valence-corrected chi connectivity index (χ4v) is 2.21. The predicted octanol–water partition coefficient (Wildman–Crippen LogP) is -0.615. The van der Waals surface area contributed by atoms with Crippen molar-refractivity contribution in [3.63, 3.8) is 0 Å². The number of nitrogen functional groups attached to an aromatic ring is 1. The number of hydrogen-bond donors (Lipinski definition) is 3. The lowest BCUT2D eigenvalue weighted by atomic mass is 9.95. The van der Waals surface area contributed by atoms with E-state index in [1.54, 1.807) is 6.92 Å². The number of aliphatic hydroxyl groups excluding tert-OH is 2. The lowest BCUT2D eigenvalue weighted by Crippen LogP contribution is -2.42. The van der Waals surface area contributed by atoms with Crippen LogP contribution in [0.15, 0.2) is 11.0 Å². The maximum atomic E-state index is 13.4. The first kappa shape index (κ1) is 13.9. The molecule has 0 radical (unpaired) electrons. The zero-order valence-corrected chi connectivity index (χ0v) is 10.4. The number of anilines is 1. The fourth-order valence-electron chi connectivity index (χ4n) is 2.21. The van der Waals surface area contributed by atoms with Gasteiger partial charge in [0, 0.05) is 6.42 Å². The Hall–Kier alpha value is -1.51. The van der Waals surface area contributed by atoms with E-state index in [2.05, 4.69) is 4.98 Å². The number of aliphatic hydroxyl groups is 2. The third kappa shape index (κ3) is 2.22. The zero-order valence-electron chi connectivity index (χ0n) is 10.4. The van der Waals surface area contributed by atoms with Crippen molar-refractivity contribution < 1.29 is 19.3 Å². The largest absolute Gasteiger partial charge is 0.393 e. The van der Waals surface area contributed by atoms with Gasteiger partial charge in [-0.1, -0.05) is 6.92 Å². The van der Waals surface area contributed by atoms with E-state index in [4.69, 9.17) is 10.5 Å². The van der Waals surface area contributed by atoms with Crippen LogP contribution in [-0.2, 0) is 4.74 Å². The Morgan fingerprint density at radius 1 is 1.74 bits per heavy atom. The van der Waals surface area contributed by atoms with Crippen LogP contribution in [0.25, 0.3) is 0 Å². The number of rotatable bonds is 3. The Morgan fingerprint density at radius 3 is 2.95 bits per heavy atom. The van der Waals surface area contributed by atoms with Crippen molar-refractivity contribution in [3.05, 3.63) is 22.5 Å². The second-order valence-corrected chi connectivity index (χ2v) is 4.56. The van der Waals surface area contributed by atoms with E-state index in [1.807, 2.05) is 0 Å². The zero-order chi connectivity index (χ0) is 14.2. The van der Waals surface area contributed by atoms with Crippen LogP contribution in [0.3, 0.4) is 0 Å². The molecule has 1 aliphatic heterocycles. The predicted molar refractivity (Wildman–Crippen MR) is 63.7 cm³/mol. The van der Waals surface area contributed by atoms with Gasteiger partial charge >= 0.3 is 5.69 Å². The molecule has 2 rings (SSSR count). The van der Waals surface area contributed by atoms with Crippen molar-refractivity contribution in [2.24, 2.45) is 0 Å². The minimum Gasteiger partial charge on any atom is -0.393 e. The number of nitrogens with two attached hydrogens (primary N) is 1. The molecule has 1 unspecified atom stereocenters. The highest BCUT2D eigenvalue weighted by Crippen LogP contribution is 2.38. The average molecular weight is 273 g/mol.